The molecule has 0 unspecified atom stereocenters. The van der Waals surface area contributed by atoms with E-state index in [0.717, 1.165) is 49.7 Å². The number of aryl methyl sites for hydroxylation is 1. The van der Waals surface area contributed by atoms with E-state index in [1.807, 2.05) is 37.3 Å². The number of fused-ring (bicyclic) bond motifs is 1. The second-order valence-electron chi connectivity index (χ2n) is 7.23. The number of amides is 1. The number of nitrogens with zero attached hydrogens (tertiary/aromatic N) is 2. The normalized spacial score (nSPS) is 25.8. The molecule has 1 amide bonds. The van der Waals surface area contributed by atoms with E-state index in [9.17, 15) is 4.79 Å². The number of ether oxygens (including phenoxy) is 1. The number of nitrogens with one attached hydrogen (secondary N) is 1. The number of pyridine rings is 1. The lowest BCUT2D eigenvalue weighted by molar-refractivity contribution is -0.133. The number of hydrogen-bond donors (Lipinski definition) is 1. The highest BCUT2D eigenvalue weighted by Crippen LogP contribution is 2.33. The molecular formula is C20H25N3O3. The van der Waals surface area contributed by atoms with Crippen molar-refractivity contribution in [2.75, 3.05) is 13.1 Å². The van der Waals surface area contributed by atoms with Crippen LogP contribution in [0.25, 0.3) is 0 Å². The molecule has 6 heteroatoms. The van der Waals surface area contributed by atoms with E-state index < -0.39 is 0 Å². The van der Waals surface area contributed by atoms with E-state index in [1.54, 1.807) is 6.20 Å². The first-order chi connectivity index (χ1) is 12.7. The Kier molecular flexibility index (Phi) is 5.04. The van der Waals surface area contributed by atoms with Crippen LogP contribution < -0.4 is 5.32 Å². The van der Waals surface area contributed by atoms with Crippen molar-refractivity contribution in [3.63, 3.8) is 0 Å². The van der Waals surface area contributed by atoms with Crippen LogP contribution in [-0.4, -0.2) is 41.1 Å². The molecule has 4 heterocycles. The van der Waals surface area contributed by atoms with Gasteiger partial charge < -0.3 is 14.5 Å². The molecule has 2 saturated heterocycles. The van der Waals surface area contributed by atoms with Crippen LogP contribution in [0.15, 0.2) is 40.9 Å². The summed E-state index contributed by atoms with van der Waals surface area (Å²) in [6.07, 6.45) is 3.39. The van der Waals surface area contributed by atoms with Crippen molar-refractivity contribution in [2.24, 2.45) is 5.92 Å². The highest BCUT2D eigenvalue weighted by atomic mass is 16.5. The topological polar surface area (TPSA) is 67.6 Å². The predicted molar refractivity (Wildman–Crippen MR) is 96.2 cm³/mol. The fourth-order valence-electron chi connectivity index (χ4n) is 3.89. The van der Waals surface area contributed by atoms with Crippen molar-refractivity contribution in [1.29, 1.82) is 0 Å². The Bertz CT molecular complexity index is 746. The second kappa shape index (κ2) is 7.60. The number of carbonyl (C=O) groups is 1. The van der Waals surface area contributed by atoms with E-state index in [1.165, 1.54) is 0 Å². The standard InChI is InChI=1S/C20H25N3O3/c1-14-5-6-17(25-14)12-23-9-7-15-10-18(26-19(15)13-23)20(24)22-11-16-4-2-3-8-21-16/h2-6,8,15,18-19H,7,9-13H2,1H3,(H,22,24)/t15-,18-,19-/m0/s1. The van der Waals surface area contributed by atoms with Crippen molar-refractivity contribution in [2.45, 2.75) is 45.1 Å². The molecule has 0 saturated carbocycles. The first-order valence-corrected chi connectivity index (χ1v) is 9.28. The molecule has 0 aromatic carbocycles. The van der Waals surface area contributed by atoms with E-state index in [2.05, 4.69) is 15.2 Å². The number of likely N-dealkylation sites (tertiary alicyclic amines) is 1. The lowest BCUT2D eigenvalue weighted by Crippen LogP contribution is -2.42. The van der Waals surface area contributed by atoms with Crippen LogP contribution in [0.1, 0.15) is 30.1 Å². The van der Waals surface area contributed by atoms with Crippen molar-refractivity contribution >= 4 is 5.91 Å². The van der Waals surface area contributed by atoms with Crippen LogP contribution in [0.5, 0.6) is 0 Å². The summed E-state index contributed by atoms with van der Waals surface area (Å²) in [5, 5.41) is 2.95. The van der Waals surface area contributed by atoms with E-state index in [4.69, 9.17) is 9.15 Å². The Morgan fingerprint density at radius 1 is 1.35 bits per heavy atom. The van der Waals surface area contributed by atoms with Gasteiger partial charge >= 0.3 is 0 Å². The first-order valence-electron chi connectivity index (χ1n) is 9.28. The molecule has 1 N–H and O–H groups in total. The first kappa shape index (κ1) is 17.2. The fraction of sp³-hybridized carbons (Fsp3) is 0.500. The third-order valence-electron chi connectivity index (χ3n) is 5.27. The third-order valence-corrected chi connectivity index (χ3v) is 5.27. The number of carbonyl (C=O) groups excluding carboxylic acids is 1. The van der Waals surface area contributed by atoms with Gasteiger partial charge in [-0.25, -0.2) is 0 Å². The fourth-order valence-corrected chi connectivity index (χ4v) is 3.89. The van der Waals surface area contributed by atoms with Gasteiger partial charge in [-0.1, -0.05) is 6.07 Å². The van der Waals surface area contributed by atoms with E-state index >= 15 is 0 Å². The van der Waals surface area contributed by atoms with Crippen LogP contribution in [0.2, 0.25) is 0 Å². The maximum absolute atomic E-state index is 12.4. The Hall–Kier alpha value is -2.18. The zero-order valence-electron chi connectivity index (χ0n) is 15.1. The van der Waals surface area contributed by atoms with Crippen molar-refractivity contribution < 1.29 is 13.9 Å². The molecule has 26 heavy (non-hydrogen) atoms. The molecule has 4 rings (SSSR count). The number of rotatable bonds is 5. The minimum absolute atomic E-state index is 0.0294. The van der Waals surface area contributed by atoms with Crippen LogP contribution in [-0.2, 0) is 22.6 Å². The number of piperidine rings is 1. The Balaban J connectivity index is 1.28. The Morgan fingerprint density at radius 3 is 3.04 bits per heavy atom. The monoisotopic (exact) mass is 355 g/mol. The molecule has 138 valence electrons. The smallest absolute Gasteiger partial charge is 0.249 e. The molecule has 2 aliphatic heterocycles. The van der Waals surface area contributed by atoms with Crippen LogP contribution in [0.4, 0.5) is 0 Å². The highest BCUT2D eigenvalue weighted by Gasteiger charge is 2.41. The average molecular weight is 355 g/mol. The van der Waals surface area contributed by atoms with Crippen molar-refractivity contribution in [1.82, 2.24) is 15.2 Å². The van der Waals surface area contributed by atoms with Crippen LogP contribution in [0.3, 0.4) is 0 Å². The van der Waals surface area contributed by atoms with Crippen LogP contribution in [0, 0.1) is 12.8 Å². The van der Waals surface area contributed by atoms with Gasteiger partial charge in [0.1, 0.15) is 17.6 Å². The minimum Gasteiger partial charge on any atom is -0.465 e. The predicted octanol–water partition coefficient (Wildman–Crippen LogP) is 2.28. The third kappa shape index (κ3) is 3.97. The number of furan rings is 1. The molecular weight excluding hydrogens is 330 g/mol. The quantitative estimate of drug-likeness (QED) is 0.891. The molecule has 2 aromatic rings. The molecule has 2 aromatic heterocycles. The molecule has 6 nitrogen and oxygen atoms in total. The van der Waals surface area contributed by atoms with Gasteiger partial charge in [0.2, 0.25) is 5.91 Å². The van der Waals surface area contributed by atoms with Gasteiger partial charge in [-0.05, 0) is 56.5 Å². The summed E-state index contributed by atoms with van der Waals surface area (Å²) in [4.78, 5) is 19.0. The summed E-state index contributed by atoms with van der Waals surface area (Å²) in [5.41, 5.74) is 0.858. The van der Waals surface area contributed by atoms with Crippen LogP contribution >= 0.6 is 0 Å². The van der Waals surface area contributed by atoms with Gasteiger partial charge in [0, 0.05) is 12.7 Å². The summed E-state index contributed by atoms with van der Waals surface area (Å²) in [5.74, 6) is 2.37. The highest BCUT2D eigenvalue weighted by molar-refractivity contribution is 5.81. The largest absolute Gasteiger partial charge is 0.465 e. The maximum Gasteiger partial charge on any atom is 0.249 e. The molecule has 0 radical (unpaired) electrons. The van der Waals surface area contributed by atoms with Gasteiger partial charge in [0.15, 0.2) is 0 Å². The van der Waals surface area contributed by atoms with Gasteiger partial charge in [-0.15, -0.1) is 0 Å². The maximum atomic E-state index is 12.4. The summed E-state index contributed by atoms with van der Waals surface area (Å²) >= 11 is 0. The number of aromatic nitrogens is 1. The van der Waals surface area contributed by atoms with E-state index in [-0.39, 0.29) is 18.1 Å². The Labute approximate surface area is 153 Å². The number of hydrogen-bond acceptors (Lipinski definition) is 5. The van der Waals surface area contributed by atoms with Gasteiger partial charge in [-0.3, -0.25) is 14.7 Å². The van der Waals surface area contributed by atoms with Gasteiger partial charge in [0.05, 0.1) is 24.9 Å². The molecule has 0 bridgehead atoms. The average Bonchev–Trinajstić information content (AvgIpc) is 3.26. The second-order valence-corrected chi connectivity index (χ2v) is 7.23. The summed E-state index contributed by atoms with van der Waals surface area (Å²) < 4.78 is 11.8. The zero-order valence-corrected chi connectivity index (χ0v) is 15.1. The minimum atomic E-state index is -0.348. The molecule has 3 atom stereocenters. The van der Waals surface area contributed by atoms with Crippen molar-refractivity contribution in [3.8, 4) is 0 Å². The van der Waals surface area contributed by atoms with Gasteiger partial charge in [0.25, 0.3) is 0 Å². The SMILES string of the molecule is Cc1ccc(CN2CC[C@H]3C[C@@H](C(=O)NCc4ccccn4)O[C@H]3C2)o1. The van der Waals surface area contributed by atoms with E-state index in [0.29, 0.717) is 12.5 Å². The van der Waals surface area contributed by atoms with Gasteiger partial charge in [-0.2, -0.15) is 0 Å². The molecule has 2 aliphatic rings. The lowest BCUT2D eigenvalue weighted by atomic mass is 9.91. The molecule has 0 aliphatic carbocycles. The molecule has 0 spiro atoms. The summed E-state index contributed by atoms with van der Waals surface area (Å²) in [7, 11) is 0. The zero-order chi connectivity index (χ0) is 17.9. The summed E-state index contributed by atoms with van der Waals surface area (Å²) in [6.45, 7) is 5.08. The summed E-state index contributed by atoms with van der Waals surface area (Å²) in [6, 6.07) is 9.72. The lowest BCUT2D eigenvalue weighted by Gasteiger charge is -2.33. The molecule has 2 fully saturated rings. The van der Waals surface area contributed by atoms with Crippen molar-refractivity contribution in [3.05, 3.63) is 53.7 Å². The Morgan fingerprint density at radius 2 is 2.27 bits per heavy atom.